The molecule has 160 valence electrons. The molecule has 2 rings (SSSR count). The van der Waals surface area contributed by atoms with E-state index in [-0.39, 0.29) is 5.91 Å². The van der Waals surface area contributed by atoms with Crippen LogP contribution >= 0.6 is 0 Å². The third kappa shape index (κ3) is 8.07. The lowest BCUT2D eigenvalue weighted by Gasteiger charge is -2.26. The van der Waals surface area contributed by atoms with Crippen LogP contribution in [0.3, 0.4) is 0 Å². The van der Waals surface area contributed by atoms with Crippen LogP contribution in [-0.4, -0.2) is 35.5 Å². The van der Waals surface area contributed by atoms with Gasteiger partial charge in [-0.2, -0.15) is 0 Å². The van der Waals surface area contributed by atoms with Crippen LogP contribution in [0.4, 0.5) is 0 Å². The van der Waals surface area contributed by atoms with Crippen LogP contribution in [0.2, 0.25) is 0 Å². The molecule has 30 heavy (non-hydrogen) atoms. The Labute approximate surface area is 178 Å². The van der Waals surface area contributed by atoms with Crippen LogP contribution in [0, 0.1) is 0 Å². The molecule has 0 unspecified atom stereocenters. The third-order valence-corrected chi connectivity index (χ3v) is 4.27. The SMILES string of the molecule is CC(=O)N[C@@H](Cc1ccccc1)C(=O)N[C@@H](Cc1ccccc1)C(=O)OC(C)(C)C. The number of hydrogen-bond donors (Lipinski definition) is 2. The van der Waals surface area contributed by atoms with E-state index >= 15 is 0 Å². The van der Waals surface area contributed by atoms with Crippen molar-refractivity contribution in [1.82, 2.24) is 10.6 Å². The fourth-order valence-corrected chi connectivity index (χ4v) is 2.99. The number of benzene rings is 2. The number of carbonyl (C=O) groups excluding carboxylic acids is 3. The van der Waals surface area contributed by atoms with E-state index in [0.717, 1.165) is 11.1 Å². The van der Waals surface area contributed by atoms with Crippen molar-refractivity contribution in [2.45, 2.75) is 58.2 Å². The Morgan fingerprint density at radius 2 is 1.27 bits per heavy atom. The van der Waals surface area contributed by atoms with E-state index < -0.39 is 29.6 Å². The van der Waals surface area contributed by atoms with E-state index in [1.807, 2.05) is 60.7 Å². The first kappa shape index (κ1) is 23.1. The molecule has 2 aromatic rings. The topological polar surface area (TPSA) is 84.5 Å². The van der Waals surface area contributed by atoms with Gasteiger partial charge in [-0.25, -0.2) is 4.79 Å². The molecule has 0 spiro atoms. The number of nitrogens with one attached hydrogen (secondary N) is 2. The first-order chi connectivity index (χ1) is 14.1. The normalized spacial score (nSPS) is 13.1. The van der Waals surface area contributed by atoms with Gasteiger partial charge in [0.25, 0.3) is 0 Å². The summed E-state index contributed by atoms with van der Waals surface area (Å²) in [7, 11) is 0. The number of hydrogen-bond acceptors (Lipinski definition) is 4. The lowest BCUT2D eigenvalue weighted by Crippen LogP contribution is -2.53. The highest BCUT2D eigenvalue weighted by molar-refractivity contribution is 5.90. The molecule has 0 heterocycles. The number of esters is 1. The molecule has 2 atom stereocenters. The second-order valence-corrected chi connectivity index (χ2v) is 8.23. The molecule has 0 saturated heterocycles. The Bertz CT molecular complexity index is 845. The van der Waals surface area contributed by atoms with E-state index in [1.54, 1.807) is 20.8 Å². The van der Waals surface area contributed by atoms with E-state index in [1.165, 1.54) is 6.92 Å². The zero-order valence-electron chi connectivity index (χ0n) is 18.0. The zero-order chi connectivity index (χ0) is 22.1. The van der Waals surface area contributed by atoms with Crippen molar-refractivity contribution in [3.05, 3.63) is 71.8 Å². The lowest BCUT2D eigenvalue weighted by molar-refractivity contribution is -0.158. The van der Waals surface area contributed by atoms with Gasteiger partial charge in [0.15, 0.2) is 0 Å². The molecule has 2 aromatic carbocycles. The molecule has 2 N–H and O–H groups in total. The summed E-state index contributed by atoms with van der Waals surface area (Å²) in [6.45, 7) is 6.70. The first-order valence-corrected chi connectivity index (χ1v) is 10.0. The second kappa shape index (κ2) is 10.6. The van der Waals surface area contributed by atoms with Crippen LogP contribution in [0.5, 0.6) is 0 Å². The Morgan fingerprint density at radius 1 is 0.800 bits per heavy atom. The molecular weight excluding hydrogens is 380 g/mol. The molecule has 0 fully saturated rings. The molecule has 2 amide bonds. The maximum atomic E-state index is 13.0. The van der Waals surface area contributed by atoms with E-state index in [2.05, 4.69) is 10.6 Å². The summed E-state index contributed by atoms with van der Waals surface area (Å²) >= 11 is 0. The summed E-state index contributed by atoms with van der Waals surface area (Å²) in [4.78, 5) is 37.5. The Morgan fingerprint density at radius 3 is 1.70 bits per heavy atom. The summed E-state index contributed by atoms with van der Waals surface area (Å²) < 4.78 is 5.51. The highest BCUT2D eigenvalue weighted by atomic mass is 16.6. The Balaban J connectivity index is 2.19. The Kier molecular flexibility index (Phi) is 8.16. The summed E-state index contributed by atoms with van der Waals surface area (Å²) in [6, 6.07) is 17.1. The molecular formula is C24H30N2O4. The molecule has 0 aliphatic carbocycles. The van der Waals surface area contributed by atoms with Crippen molar-refractivity contribution in [2.75, 3.05) is 0 Å². The second-order valence-electron chi connectivity index (χ2n) is 8.23. The van der Waals surface area contributed by atoms with Crippen LogP contribution in [0.15, 0.2) is 60.7 Å². The standard InChI is InChI=1S/C24H30N2O4/c1-17(27)25-20(15-18-11-7-5-8-12-18)22(28)26-21(23(29)30-24(2,3)4)16-19-13-9-6-10-14-19/h5-14,20-21H,15-16H2,1-4H3,(H,25,27)(H,26,28)/t20-,21-/m0/s1. The lowest BCUT2D eigenvalue weighted by atomic mass is 10.0. The summed E-state index contributed by atoms with van der Waals surface area (Å²) in [6.07, 6.45) is 0.609. The fraction of sp³-hybridized carbons (Fsp3) is 0.375. The smallest absolute Gasteiger partial charge is 0.329 e. The largest absolute Gasteiger partial charge is 0.458 e. The van der Waals surface area contributed by atoms with Gasteiger partial charge in [-0.05, 0) is 31.9 Å². The first-order valence-electron chi connectivity index (χ1n) is 10.0. The molecule has 0 aromatic heterocycles. The van der Waals surface area contributed by atoms with Crippen LogP contribution in [0.25, 0.3) is 0 Å². The van der Waals surface area contributed by atoms with Gasteiger partial charge in [0.1, 0.15) is 17.7 Å². The van der Waals surface area contributed by atoms with Crippen molar-refractivity contribution in [3.63, 3.8) is 0 Å². The minimum absolute atomic E-state index is 0.291. The van der Waals surface area contributed by atoms with Crippen LogP contribution in [0.1, 0.15) is 38.8 Å². The van der Waals surface area contributed by atoms with Gasteiger partial charge in [-0.3, -0.25) is 9.59 Å². The molecule has 0 bridgehead atoms. The average molecular weight is 411 g/mol. The highest BCUT2D eigenvalue weighted by Gasteiger charge is 2.30. The van der Waals surface area contributed by atoms with Gasteiger partial charge >= 0.3 is 5.97 Å². The van der Waals surface area contributed by atoms with Crippen LogP contribution < -0.4 is 10.6 Å². The summed E-state index contributed by atoms with van der Waals surface area (Å²) in [5.74, 6) is -1.26. The minimum atomic E-state index is -0.869. The number of carbonyl (C=O) groups is 3. The number of ether oxygens (including phenoxy) is 1. The molecule has 0 aliphatic heterocycles. The van der Waals surface area contributed by atoms with Crippen molar-refractivity contribution in [2.24, 2.45) is 0 Å². The van der Waals surface area contributed by atoms with Crippen molar-refractivity contribution >= 4 is 17.8 Å². The molecule has 0 aliphatic rings. The maximum Gasteiger partial charge on any atom is 0.329 e. The highest BCUT2D eigenvalue weighted by Crippen LogP contribution is 2.12. The predicted octanol–water partition coefficient (Wildman–Crippen LogP) is 2.80. The van der Waals surface area contributed by atoms with Gasteiger partial charge in [-0.15, -0.1) is 0 Å². The summed E-state index contributed by atoms with van der Waals surface area (Å²) in [5, 5.41) is 5.47. The Hall–Kier alpha value is -3.15. The zero-order valence-corrected chi connectivity index (χ0v) is 18.0. The molecule has 0 saturated carbocycles. The van der Waals surface area contributed by atoms with Gasteiger partial charge in [0.2, 0.25) is 11.8 Å². The van der Waals surface area contributed by atoms with Crippen molar-refractivity contribution in [3.8, 4) is 0 Å². The average Bonchev–Trinajstić information content (AvgIpc) is 2.67. The monoisotopic (exact) mass is 410 g/mol. The minimum Gasteiger partial charge on any atom is -0.458 e. The number of rotatable bonds is 8. The van der Waals surface area contributed by atoms with Gasteiger partial charge in [0, 0.05) is 19.8 Å². The predicted molar refractivity (Wildman–Crippen MR) is 116 cm³/mol. The molecule has 6 nitrogen and oxygen atoms in total. The molecule has 6 heteroatoms. The van der Waals surface area contributed by atoms with Crippen molar-refractivity contribution in [1.29, 1.82) is 0 Å². The maximum absolute atomic E-state index is 13.0. The van der Waals surface area contributed by atoms with Crippen molar-refractivity contribution < 1.29 is 19.1 Å². The van der Waals surface area contributed by atoms with Gasteiger partial charge in [0.05, 0.1) is 0 Å². The van der Waals surface area contributed by atoms with Crippen LogP contribution in [-0.2, 0) is 32.0 Å². The van der Waals surface area contributed by atoms with E-state index in [4.69, 9.17) is 4.74 Å². The van der Waals surface area contributed by atoms with Gasteiger partial charge in [-0.1, -0.05) is 60.7 Å². The van der Waals surface area contributed by atoms with Gasteiger partial charge < -0.3 is 15.4 Å². The quantitative estimate of drug-likeness (QED) is 0.656. The molecule has 0 radical (unpaired) electrons. The van der Waals surface area contributed by atoms with E-state index in [9.17, 15) is 14.4 Å². The van der Waals surface area contributed by atoms with E-state index in [0.29, 0.717) is 12.8 Å². The third-order valence-electron chi connectivity index (χ3n) is 4.27. The fourth-order valence-electron chi connectivity index (χ4n) is 2.99. The summed E-state index contributed by atoms with van der Waals surface area (Å²) in [5.41, 5.74) is 1.12. The number of amides is 2.